The molecule has 0 saturated heterocycles. The third-order valence-corrected chi connectivity index (χ3v) is 4.74. The molecule has 0 aromatic carbocycles. The summed E-state index contributed by atoms with van der Waals surface area (Å²) in [6.07, 6.45) is 6.11. The Morgan fingerprint density at radius 3 is 2.50 bits per heavy atom. The first-order chi connectivity index (χ1) is 6.61. The van der Waals surface area contributed by atoms with Gasteiger partial charge in [0, 0.05) is 16.6 Å². The molecule has 1 aliphatic rings. The van der Waals surface area contributed by atoms with E-state index in [1.54, 1.807) is 6.92 Å². The van der Waals surface area contributed by atoms with Crippen LogP contribution in [0.3, 0.4) is 0 Å². The molecule has 1 saturated carbocycles. The molecular weight excluding hydrogens is 198 g/mol. The van der Waals surface area contributed by atoms with Gasteiger partial charge < -0.3 is 5.73 Å². The van der Waals surface area contributed by atoms with Crippen molar-refractivity contribution in [2.45, 2.75) is 44.3 Å². The van der Waals surface area contributed by atoms with Crippen LogP contribution in [0, 0.1) is 5.92 Å². The van der Waals surface area contributed by atoms with E-state index in [1.807, 2.05) is 0 Å². The first-order valence-corrected chi connectivity index (χ1v) is 6.66. The quantitative estimate of drug-likeness (QED) is 0.769. The number of hydrogen-bond acceptors (Lipinski definition) is 2. The number of nitrogens with two attached hydrogens (primary N) is 1. The Labute approximate surface area is 87.9 Å². The van der Waals surface area contributed by atoms with Crippen molar-refractivity contribution in [2.24, 2.45) is 11.7 Å². The van der Waals surface area contributed by atoms with Gasteiger partial charge in [0.25, 0.3) is 0 Å². The lowest BCUT2D eigenvalue weighted by molar-refractivity contribution is -0.117. The van der Waals surface area contributed by atoms with Gasteiger partial charge in [0.15, 0.2) is 0 Å². The minimum Gasteiger partial charge on any atom is -0.369 e. The lowest BCUT2D eigenvalue weighted by Gasteiger charge is -2.21. The maximum Gasteiger partial charge on any atom is 0.232 e. The van der Waals surface area contributed by atoms with Crippen molar-refractivity contribution in [2.75, 3.05) is 5.75 Å². The van der Waals surface area contributed by atoms with Crippen molar-refractivity contribution >= 4 is 16.7 Å². The zero-order valence-corrected chi connectivity index (χ0v) is 9.52. The fraction of sp³-hybridized carbons (Fsp3) is 0.900. The Morgan fingerprint density at radius 1 is 1.43 bits per heavy atom. The molecule has 1 rings (SSSR count). The van der Waals surface area contributed by atoms with Crippen molar-refractivity contribution in [3.8, 4) is 0 Å². The van der Waals surface area contributed by atoms with Crippen LogP contribution >= 0.6 is 0 Å². The molecule has 2 N–H and O–H groups in total. The second-order valence-electron chi connectivity index (χ2n) is 4.10. The van der Waals surface area contributed by atoms with Crippen LogP contribution in [0.15, 0.2) is 0 Å². The summed E-state index contributed by atoms with van der Waals surface area (Å²) in [6, 6.07) is 0. The van der Waals surface area contributed by atoms with E-state index in [2.05, 4.69) is 0 Å². The first kappa shape index (κ1) is 11.7. The summed E-state index contributed by atoms with van der Waals surface area (Å²) in [4.78, 5) is 10.8. The van der Waals surface area contributed by atoms with Crippen molar-refractivity contribution < 1.29 is 9.00 Å². The summed E-state index contributed by atoms with van der Waals surface area (Å²) < 4.78 is 11.7. The van der Waals surface area contributed by atoms with Crippen LogP contribution in [0.1, 0.15) is 39.0 Å². The van der Waals surface area contributed by atoms with Gasteiger partial charge in [0.05, 0.1) is 0 Å². The molecule has 0 bridgehead atoms. The van der Waals surface area contributed by atoms with Gasteiger partial charge in [-0.2, -0.15) is 0 Å². The molecule has 3 nitrogen and oxygen atoms in total. The van der Waals surface area contributed by atoms with E-state index in [1.165, 1.54) is 19.3 Å². The molecule has 0 aromatic heterocycles. The van der Waals surface area contributed by atoms with Crippen LogP contribution < -0.4 is 5.73 Å². The molecule has 1 amide bonds. The number of carbonyl (C=O) groups excluding carboxylic acids is 1. The van der Waals surface area contributed by atoms with E-state index in [4.69, 9.17) is 5.73 Å². The lowest BCUT2D eigenvalue weighted by Crippen LogP contribution is -2.32. The van der Waals surface area contributed by atoms with Crippen molar-refractivity contribution in [1.29, 1.82) is 0 Å². The van der Waals surface area contributed by atoms with Crippen LogP contribution in [-0.2, 0) is 15.6 Å². The summed E-state index contributed by atoms with van der Waals surface area (Å²) >= 11 is 0. The topological polar surface area (TPSA) is 60.2 Å². The molecule has 0 aliphatic heterocycles. The predicted molar refractivity (Wildman–Crippen MR) is 58.2 cm³/mol. The average molecular weight is 217 g/mol. The largest absolute Gasteiger partial charge is 0.369 e. The molecule has 1 aliphatic carbocycles. The molecule has 82 valence electrons. The van der Waals surface area contributed by atoms with Crippen LogP contribution in [0.2, 0.25) is 0 Å². The van der Waals surface area contributed by atoms with E-state index in [-0.39, 0.29) is 0 Å². The maximum atomic E-state index is 11.7. The van der Waals surface area contributed by atoms with Gasteiger partial charge in [-0.25, -0.2) is 0 Å². The molecular formula is C10H19NO2S. The molecule has 0 heterocycles. The highest BCUT2D eigenvalue weighted by molar-refractivity contribution is 7.86. The Balaban J connectivity index is 2.35. The van der Waals surface area contributed by atoms with E-state index in [0.29, 0.717) is 11.7 Å². The Hall–Kier alpha value is -0.380. The Morgan fingerprint density at radius 2 is 2.00 bits per heavy atom. The van der Waals surface area contributed by atoms with Crippen molar-refractivity contribution in [3.63, 3.8) is 0 Å². The highest BCUT2D eigenvalue weighted by Gasteiger charge is 2.22. The zero-order chi connectivity index (χ0) is 10.6. The average Bonchev–Trinajstić information content (AvgIpc) is 2.18. The van der Waals surface area contributed by atoms with Crippen molar-refractivity contribution in [1.82, 2.24) is 0 Å². The summed E-state index contributed by atoms with van der Waals surface area (Å²) in [5.41, 5.74) is 5.11. The fourth-order valence-corrected chi connectivity index (χ4v) is 3.21. The highest BCUT2D eigenvalue weighted by Crippen LogP contribution is 2.24. The monoisotopic (exact) mass is 217 g/mol. The second kappa shape index (κ2) is 5.49. The van der Waals surface area contributed by atoms with E-state index < -0.39 is 22.0 Å². The van der Waals surface area contributed by atoms with Crippen LogP contribution in [0.5, 0.6) is 0 Å². The van der Waals surface area contributed by atoms with Gasteiger partial charge in [-0.1, -0.05) is 19.3 Å². The molecule has 4 heteroatoms. The standard InChI is InChI=1S/C10H19NO2S/c1-8(10(11)12)14(13)7-9-5-3-2-4-6-9/h8-9H,2-7H2,1H3,(H2,11,12). The Bertz CT molecular complexity index is 224. The summed E-state index contributed by atoms with van der Waals surface area (Å²) in [7, 11) is -1.07. The molecule has 14 heavy (non-hydrogen) atoms. The van der Waals surface area contributed by atoms with Gasteiger partial charge in [0.1, 0.15) is 5.25 Å². The normalized spacial score (nSPS) is 22.9. The number of hydrogen-bond donors (Lipinski definition) is 1. The molecule has 2 unspecified atom stereocenters. The lowest BCUT2D eigenvalue weighted by atomic mass is 9.91. The van der Waals surface area contributed by atoms with Gasteiger partial charge in [-0.15, -0.1) is 0 Å². The molecule has 2 atom stereocenters. The maximum absolute atomic E-state index is 11.7. The third kappa shape index (κ3) is 3.40. The first-order valence-electron chi connectivity index (χ1n) is 5.27. The summed E-state index contributed by atoms with van der Waals surface area (Å²) in [5, 5.41) is -0.489. The SMILES string of the molecule is CC(C(N)=O)S(=O)CC1CCCCC1. The molecule has 0 spiro atoms. The van der Waals surface area contributed by atoms with Crippen LogP contribution in [-0.4, -0.2) is 21.1 Å². The number of rotatable bonds is 4. The van der Waals surface area contributed by atoms with Crippen LogP contribution in [0.25, 0.3) is 0 Å². The molecule has 1 fully saturated rings. The third-order valence-electron chi connectivity index (χ3n) is 2.92. The predicted octanol–water partition coefficient (Wildman–Crippen LogP) is 1.19. The highest BCUT2D eigenvalue weighted by atomic mass is 32.2. The van der Waals surface area contributed by atoms with E-state index >= 15 is 0 Å². The van der Waals surface area contributed by atoms with Gasteiger partial charge in [-0.05, 0) is 25.7 Å². The smallest absolute Gasteiger partial charge is 0.232 e. The fourth-order valence-electron chi connectivity index (χ4n) is 1.86. The number of amides is 1. The summed E-state index contributed by atoms with van der Waals surface area (Å²) in [6.45, 7) is 1.65. The molecule has 0 aromatic rings. The van der Waals surface area contributed by atoms with Crippen molar-refractivity contribution in [3.05, 3.63) is 0 Å². The minimum absolute atomic E-state index is 0.445. The van der Waals surface area contributed by atoms with E-state index in [0.717, 1.165) is 12.8 Å². The summed E-state index contributed by atoms with van der Waals surface area (Å²) in [5.74, 6) is 0.759. The van der Waals surface area contributed by atoms with Gasteiger partial charge in [-0.3, -0.25) is 9.00 Å². The van der Waals surface area contributed by atoms with E-state index in [9.17, 15) is 9.00 Å². The van der Waals surface area contributed by atoms with Gasteiger partial charge in [0.2, 0.25) is 5.91 Å². The zero-order valence-electron chi connectivity index (χ0n) is 8.70. The van der Waals surface area contributed by atoms with Gasteiger partial charge >= 0.3 is 0 Å². The molecule has 0 radical (unpaired) electrons. The number of carbonyl (C=O) groups is 1. The Kier molecular flexibility index (Phi) is 4.58. The minimum atomic E-state index is -1.07. The number of primary amides is 1. The van der Waals surface area contributed by atoms with Crippen LogP contribution in [0.4, 0.5) is 0 Å². The second-order valence-corrected chi connectivity index (χ2v) is 5.90.